The van der Waals surface area contributed by atoms with E-state index in [1.165, 1.54) is 19.1 Å². The van der Waals surface area contributed by atoms with Gasteiger partial charge in [0.25, 0.3) is 15.9 Å². The Morgan fingerprint density at radius 3 is 2.59 bits per heavy atom. The number of nitrogens with one attached hydrogen (secondary N) is 1. The van der Waals surface area contributed by atoms with Crippen molar-refractivity contribution in [1.29, 1.82) is 0 Å². The molecule has 3 N–H and O–H groups in total. The van der Waals surface area contributed by atoms with Crippen molar-refractivity contribution in [2.45, 2.75) is 72.1 Å². The Morgan fingerprint density at radius 1 is 1.31 bits per heavy atom. The zero-order chi connectivity index (χ0) is 24.1. The number of sulfonamides is 1. The molecule has 0 bridgehead atoms. The minimum atomic E-state index is -4.00. The molecule has 1 aliphatic rings. The Hall–Kier alpha value is -2.54. The van der Waals surface area contributed by atoms with Gasteiger partial charge in [-0.05, 0) is 64.0 Å². The van der Waals surface area contributed by atoms with Crippen molar-refractivity contribution >= 4 is 15.9 Å². The summed E-state index contributed by atoms with van der Waals surface area (Å²) in [6, 6.07) is 1.50. The summed E-state index contributed by atoms with van der Waals surface area (Å²) in [5.74, 6) is -1.73. The first kappa shape index (κ1) is 25.7. The van der Waals surface area contributed by atoms with Crippen LogP contribution < -0.4 is 4.72 Å². The van der Waals surface area contributed by atoms with Crippen LogP contribution in [0.15, 0.2) is 41.4 Å². The molecule has 2 atom stereocenters. The summed E-state index contributed by atoms with van der Waals surface area (Å²) < 4.78 is 26.3. The Balaban J connectivity index is 2.67. The van der Waals surface area contributed by atoms with Gasteiger partial charge in [0.05, 0.1) is 5.56 Å². The van der Waals surface area contributed by atoms with Crippen LogP contribution in [0, 0.1) is 5.92 Å². The van der Waals surface area contributed by atoms with Crippen LogP contribution in [-0.2, 0) is 16.4 Å². The summed E-state index contributed by atoms with van der Waals surface area (Å²) in [6.07, 6.45) is 8.05. The zero-order valence-electron chi connectivity index (χ0n) is 19.4. The number of phenolic OH excluding ortho intramolecular Hbond substituents is 2. The van der Waals surface area contributed by atoms with E-state index in [-0.39, 0.29) is 34.5 Å². The quantitative estimate of drug-likeness (QED) is 0.336. The van der Waals surface area contributed by atoms with E-state index in [9.17, 15) is 23.4 Å². The van der Waals surface area contributed by atoms with Gasteiger partial charge in [-0.2, -0.15) is 0 Å². The minimum absolute atomic E-state index is 0.0101. The van der Waals surface area contributed by atoms with Crippen LogP contribution in [0.25, 0.3) is 0 Å². The molecule has 1 aromatic carbocycles. The highest BCUT2D eigenvalue weighted by molar-refractivity contribution is 7.92. The first-order valence-corrected chi connectivity index (χ1v) is 12.7. The average Bonchev–Trinajstić information content (AvgIpc) is 2.67. The number of carbonyl (C=O) groups is 1. The lowest BCUT2D eigenvalue weighted by Crippen LogP contribution is -2.30. The number of phenols is 2. The van der Waals surface area contributed by atoms with Gasteiger partial charge in [-0.1, -0.05) is 49.6 Å². The lowest BCUT2D eigenvalue weighted by Gasteiger charge is -2.32. The molecule has 0 aromatic heterocycles. The Bertz CT molecular complexity index is 1040. The highest BCUT2D eigenvalue weighted by atomic mass is 32.2. The zero-order valence-corrected chi connectivity index (χ0v) is 20.3. The van der Waals surface area contributed by atoms with E-state index < -0.39 is 15.9 Å². The Labute approximate surface area is 191 Å². The molecular weight excluding hydrogens is 426 g/mol. The molecule has 0 radical (unpaired) electrons. The second kappa shape index (κ2) is 10.9. The maximum Gasteiger partial charge on any atom is 0.269 e. The van der Waals surface area contributed by atoms with Crippen LogP contribution in [0.5, 0.6) is 11.5 Å². The number of hydrogen-bond donors (Lipinski definition) is 3. The van der Waals surface area contributed by atoms with Crippen LogP contribution in [0.2, 0.25) is 0 Å². The molecule has 7 heteroatoms. The summed E-state index contributed by atoms with van der Waals surface area (Å²) in [5.41, 5.74) is 2.61. The van der Waals surface area contributed by atoms with E-state index in [0.717, 1.165) is 48.7 Å². The van der Waals surface area contributed by atoms with E-state index in [1.807, 2.05) is 31.6 Å². The van der Waals surface area contributed by atoms with E-state index in [4.69, 9.17) is 0 Å². The highest BCUT2D eigenvalue weighted by Crippen LogP contribution is 2.48. The van der Waals surface area contributed by atoms with Crippen molar-refractivity contribution in [3.05, 3.63) is 58.0 Å². The van der Waals surface area contributed by atoms with Crippen LogP contribution in [0.1, 0.15) is 87.2 Å². The molecule has 0 aliphatic heterocycles. The summed E-state index contributed by atoms with van der Waals surface area (Å²) in [5, 5.41) is 23.1. The molecule has 0 saturated heterocycles. The lowest BCUT2D eigenvalue weighted by molar-refractivity contribution is 0.0978. The van der Waals surface area contributed by atoms with E-state index in [0.29, 0.717) is 12.0 Å². The van der Waals surface area contributed by atoms with Crippen LogP contribution in [0.4, 0.5) is 0 Å². The molecule has 2 rings (SSSR count). The van der Waals surface area contributed by atoms with E-state index >= 15 is 0 Å². The third-order valence-electron chi connectivity index (χ3n) is 5.94. The second-order valence-electron chi connectivity index (χ2n) is 8.63. The predicted octanol–water partition coefficient (Wildman–Crippen LogP) is 5.44. The van der Waals surface area contributed by atoms with Crippen molar-refractivity contribution in [2.75, 3.05) is 0 Å². The van der Waals surface area contributed by atoms with Gasteiger partial charge in [0, 0.05) is 16.9 Å². The second-order valence-corrected chi connectivity index (χ2v) is 10.2. The van der Waals surface area contributed by atoms with Crippen molar-refractivity contribution in [2.24, 2.45) is 5.92 Å². The van der Waals surface area contributed by atoms with Crippen LogP contribution in [0.3, 0.4) is 0 Å². The first-order valence-electron chi connectivity index (χ1n) is 11.1. The molecule has 6 nitrogen and oxygen atoms in total. The summed E-state index contributed by atoms with van der Waals surface area (Å²) in [7, 11) is -4.00. The van der Waals surface area contributed by atoms with E-state index in [1.54, 1.807) is 0 Å². The smallest absolute Gasteiger partial charge is 0.269 e. The van der Waals surface area contributed by atoms with Crippen molar-refractivity contribution in [3.8, 4) is 11.5 Å². The van der Waals surface area contributed by atoms with Gasteiger partial charge >= 0.3 is 0 Å². The predicted molar refractivity (Wildman–Crippen MR) is 128 cm³/mol. The molecule has 0 saturated carbocycles. The van der Waals surface area contributed by atoms with Crippen LogP contribution >= 0.6 is 0 Å². The largest absolute Gasteiger partial charge is 0.507 e. The van der Waals surface area contributed by atoms with Gasteiger partial charge in [0.1, 0.15) is 11.5 Å². The fraction of sp³-hybridized carbons (Fsp3) is 0.480. The lowest BCUT2D eigenvalue weighted by atomic mass is 9.73. The molecule has 0 spiro atoms. The summed E-state index contributed by atoms with van der Waals surface area (Å²) >= 11 is 0. The van der Waals surface area contributed by atoms with Gasteiger partial charge in [-0.3, -0.25) is 4.79 Å². The molecule has 32 heavy (non-hydrogen) atoms. The van der Waals surface area contributed by atoms with Crippen LogP contribution in [-0.4, -0.2) is 24.5 Å². The van der Waals surface area contributed by atoms with Crippen molar-refractivity contribution < 1.29 is 23.4 Å². The van der Waals surface area contributed by atoms with Crippen molar-refractivity contribution in [3.63, 3.8) is 0 Å². The SMILES string of the molecule is C=C(C)C1CCC(C)=CC1c1c(O)cc(CCCCC)c(C(=O)NS(=O)(=O)/C=C/C)c1O. The fourth-order valence-electron chi connectivity index (χ4n) is 4.37. The molecule has 0 heterocycles. The van der Waals surface area contributed by atoms with E-state index in [2.05, 4.69) is 6.58 Å². The minimum Gasteiger partial charge on any atom is -0.507 e. The molecule has 1 aromatic rings. The number of aromatic hydroxyl groups is 2. The van der Waals surface area contributed by atoms with Crippen molar-refractivity contribution in [1.82, 2.24) is 4.72 Å². The Kier molecular flexibility index (Phi) is 8.73. The third-order valence-corrected chi connectivity index (χ3v) is 7.04. The average molecular weight is 462 g/mol. The monoisotopic (exact) mass is 461 g/mol. The number of unbranched alkanes of at least 4 members (excludes halogenated alkanes) is 2. The normalized spacial score (nSPS) is 19.1. The Morgan fingerprint density at radius 2 is 2.00 bits per heavy atom. The summed E-state index contributed by atoms with van der Waals surface area (Å²) in [4.78, 5) is 13.0. The van der Waals surface area contributed by atoms with Gasteiger partial charge < -0.3 is 10.2 Å². The number of carbonyl (C=O) groups excluding carboxylic acids is 1. The number of hydrogen-bond acceptors (Lipinski definition) is 5. The maximum absolute atomic E-state index is 13.0. The number of amides is 1. The topological polar surface area (TPSA) is 104 Å². The molecule has 1 aliphatic carbocycles. The molecular formula is C25H35NO5S. The third kappa shape index (κ3) is 6.03. The van der Waals surface area contributed by atoms with Gasteiger partial charge in [-0.15, -0.1) is 0 Å². The standard InChI is InChI=1S/C25H35NO5S/c1-6-8-9-10-18-15-21(27)23(20-14-17(5)11-12-19(20)16(3)4)24(28)22(18)25(29)26-32(30,31)13-7-2/h7,13-15,19-20,27-28H,3,6,8-12H2,1-2,4-5H3,(H,26,29)/b13-7+. The number of benzene rings is 1. The van der Waals surface area contributed by atoms with Gasteiger partial charge in [-0.25, -0.2) is 13.1 Å². The van der Waals surface area contributed by atoms with Gasteiger partial charge in [0.15, 0.2) is 0 Å². The maximum atomic E-state index is 13.0. The number of aryl methyl sites for hydroxylation is 1. The molecule has 0 fully saturated rings. The fourth-order valence-corrected chi connectivity index (χ4v) is 5.15. The molecule has 2 unspecified atom stereocenters. The summed E-state index contributed by atoms with van der Waals surface area (Å²) in [6.45, 7) is 11.6. The number of rotatable bonds is 9. The van der Waals surface area contributed by atoms with Gasteiger partial charge in [0.2, 0.25) is 0 Å². The first-order chi connectivity index (χ1) is 15.0. The molecule has 176 valence electrons. The number of allylic oxidation sites excluding steroid dienone is 4. The molecule has 1 amide bonds. The highest BCUT2D eigenvalue weighted by Gasteiger charge is 2.33.